The molecule has 1 unspecified atom stereocenters. The van der Waals surface area contributed by atoms with E-state index in [0.29, 0.717) is 28.8 Å². The van der Waals surface area contributed by atoms with Crippen LogP contribution in [0.2, 0.25) is 10.3 Å². The number of hydrogen-bond acceptors (Lipinski definition) is 4. The Morgan fingerprint density at radius 3 is 2.25 bits per heavy atom. The topological polar surface area (TPSA) is 38.2 Å². The van der Waals surface area contributed by atoms with Gasteiger partial charge in [0, 0.05) is 24.7 Å². The number of aromatic nitrogens is 2. The van der Waals surface area contributed by atoms with Gasteiger partial charge in [-0.25, -0.2) is 9.97 Å². The molecule has 1 aromatic rings. The van der Waals surface area contributed by atoms with Crippen LogP contribution >= 0.6 is 23.2 Å². The first-order valence-corrected chi connectivity index (χ1v) is 7.74. The normalized spacial score (nSPS) is 20.9. The number of morpholine rings is 1. The van der Waals surface area contributed by atoms with Gasteiger partial charge in [0.25, 0.3) is 0 Å². The fourth-order valence-electron chi connectivity index (χ4n) is 2.35. The molecular formula is C14H21Cl2N3O. The van der Waals surface area contributed by atoms with Gasteiger partial charge in [0.2, 0.25) is 0 Å². The summed E-state index contributed by atoms with van der Waals surface area (Å²) in [7, 11) is 0. The minimum Gasteiger partial charge on any atom is -0.368 e. The Kier molecular flexibility index (Phi) is 5.24. The Hall–Kier alpha value is -0.420. The molecule has 20 heavy (non-hydrogen) atoms. The van der Waals surface area contributed by atoms with Crippen LogP contribution in [0.15, 0.2) is 0 Å². The fourth-order valence-corrected chi connectivity index (χ4v) is 3.18. The van der Waals surface area contributed by atoms with E-state index >= 15 is 0 Å². The second kappa shape index (κ2) is 6.56. The maximum absolute atomic E-state index is 6.24. The van der Waals surface area contributed by atoms with Crippen LogP contribution in [0.1, 0.15) is 51.1 Å². The third kappa shape index (κ3) is 3.42. The molecule has 1 saturated heterocycles. The fraction of sp³-hybridized carbons (Fsp3) is 0.714. The molecule has 0 spiro atoms. The average Bonchev–Trinajstić information content (AvgIpc) is 2.37. The molecule has 0 aromatic carbocycles. The molecule has 1 aromatic heterocycles. The summed E-state index contributed by atoms with van der Waals surface area (Å²) in [4.78, 5) is 11.1. The van der Waals surface area contributed by atoms with Crippen molar-refractivity contribution in [2.45, 2.75) is 45.8 Å². The molecule has 0 N–H and O–H groups in total. The first-order chi connectivity index (χ1) is 9.40. The van der Waals surface area contributed by atoms with Crippen LogP contribution < -0.4 is 0 Å². The van der Waals surface area contributed by atoms with Crippen molar-refractivity contribution >= 4 is 23.2 Å². The van der Waals surface area contributed by atoms with E-state index in [1.165, 1.54) is 0 Å². The molecule has 0 amide bonds. The number of rotatable bonds is 3. The van der Waals surface area contributed by atoms with Gasteiger partial charge in [0.15, 0.2) is 5.82 Å². The molecule has 2 rings (SSSR count). The zero-order valence-corrected chi connectivity index (χ0v) is 13.9. The van der Waals surface area contributed by atoms with Gasteiger partial charge in [-0.2, -0.15) is 0 Å². The van der Waals surface area contributed by atoms with E-state index in [1.807, 2.05) is 13.8 Å². The summed E-state index contributed by atoms with van der Waals surface area (Å²) in [6.45, 7) is 10.8. The van der Waals surface area contributed by atoms with Crippen molar-refractivity contribution in [1.82, 2.24) is 14.9 Å². The summed E-state index contributed by atoms with van der Waals surface area (Å²) >= 11 is 12.5. The van der Waals surface area contributed by atoms with E-state index in [9.17, 15) is 0 Å². The summed E-state index contributed by atoms with van der Waals surface area (Å²) in [5.41, 5.74) is 0.800. The van der Waals surface area contributed by atoms with E-state index in [2.05, 4.69) is 28.7 Å². The predicted molar refractivity (Wildman–Crippen MR) is 81.5 cm³/mol. The lowest BCUT2D eigenvalue weighted by Crippen LogP contribution is -2.42. The third-order valence-corrected chi connectivity index (χ3v) is 4.14. The highest BCUT2D eigenvalue weighted by Crippen LogP contribution is 2.31. The zero-order chi connectivity index (χ0) is 14.9. The van der Waals surface area contributed by atoms with Crippen LogP contribution in [0, 0.1) is 0 Å². The number of hydrogen-bond donors (Lipinski definition) is 0. The van der Waals surface area contributed by atoms with Gasteiger partial charge < -0.3 is 4.74 Å². The first-order valence-electron chi connectivity index (χ1n) is 6.98. The number of nitrogens with zero attached hydrogens (tertiary/aromatic N) is 3. The molecule has 0 radical (unpaired) electrons. The molecule has 2 heterocycles. The van der Waals surface area contributed by atoms with E-state index in [-0.39, 0.29) is 12.0 Å². The van der Waals surface area contributed by atoms with Crippen molar-refractivity contribution in [3.63, 3.8) is 0 Å². The first kappa shape index (κ1) is 16.0. The monoisotopic (exact) mass is 317 g/mol. The third-order valence-electron chi connectivity index (χ3n) is 3.56. The molecule has 6 heteroatoms. The maximum atomic E-state index is 6.24. The zero-order valence-electron chi connectivity index (χ0n) is 12.4. The lowest BCUT2D eigenvalue weighted by Gasteiger charge is -2.34. The van der Waals surface area contributed by atoms with E-state index in [0.717, 1.165) is 18.7 Å². The minimum atomic E-state index is -0.164. The van der Waals surface area contributed by atoms with Crippen LogP contribution in [-0.4, -0.2) is 40.6 Å². The van der Waals surface area contributed by atoms with Gasteiger partial charge in [-0.15, -0.1) is 0 Å². The molecule has 112 valence electrons. The van der Waals surface area contributed by atoms with Crippen molar-refractivity contribution in [2.24, 2.45) is 0 Å². The summed E-state index contributed by atoms with van der Waals surface area (Å²) in [6, 6.07) is 0.474. The van der Waals surface area contributed by atoms with E-state index in [1.54, 1.807) is 0 Å². The summed E-state index contributed by atoms with van der Waals surface area (Å²) in [5.74, 6) is 0.776. The average molecular weight is 318 g/mol. The van der Waals surface area contributed by atoms with Gasteiger partial charge in [0.1, 0.15) is 16.4 Å². The smallest absolute Gasteiger partial charge is 0.161 e. The van der Waals surface area contributed by atoms with Crippen molar-refractivity contribution in [2.75, 3.05) is 19.7 Å². The molecule has 0 bridgehead atoms. The van der Waals surface area contributed by atoms with Crippen LogP contribution in [0.25, 0.3) is 0 Å². The SMILES string of the molecule is CC(C)c1c(Cl)nc(C2CN(C(C)C)CCO2)nc1Cl. The van der Waals surface area contributed by atoms with Crippen LogP contribution in [0.5, 0.6) is 0 Å². The summed E-state index contributed by atoms with van der Waals surface area (Å²) in [6.07, 6.45) is -0.164. The van der Waals surface area contributed by atoms with Crippen molar-refractivity contribution in [3.8, 4) is 0 Å². The Balaban J connectivity index is 2.25. The summed E-state index contributed by atoms with van der Waals surface area (Å²) < 4.78 is 5.77. The highest BCUT2D eigenvalue weighted by Gasteiger charge is 2.27. The number of halogens is 2. The van der Waals surface area contributed by atoms with E-state index < -0.39 is 0 Å². The summed E-state index contributed by atoms with van der Waals surface area (Å²) in [5, 5.41) is 0.862. The molecular weight excluding hydrogens is 297 g/mol. The molecule has 1 fully saturated rings. The van der Waals surface area contributed by atoms with Gasteiger partial charge in [-0.05, 0) is 19.8 Å². The van der Waals surface area contributed by atoms with Crippen LogP contribution in [-0.2, 0) is 4.74 Å². The van der Waals surface area contributed by atoms with Crippen molar-refractivity contribution in [1.29, 1.82) is 0 Å². The van der Waals surface area contributed by atoms with Crippen LogP contribution in [0.3, 0.4) is 0 Å². The minimum absolute atomic E-state index is 0.164. The van der Waals surface area contributed by atoms with E-state index in [4.69, 9.17) is 27.9 Å². The lowest BCUT2D eigenvalue weighted by molar-refractivity contribution is -0.0442. The van der Waals surface area contributed by atoms with Gasteiger partial charge in [-0.3, -0.25) is 4.90 Å². The Bertz CT molecular complexity index is 456. The van der Waals surface area contributed by atoms with Crippen LogP contribution in [0.4, 0.5) is 0 Å². The Labute approximate surface area is 130 Å². The molecule has 4 nitrogen and oxygen atoms in total. The van der Waals surface area contributed by atoms with Gasteiger partial charge >= 0.3 is 0 Å². The highest BCUT2D eigenvalue weighted by molar-refractivity contribution is 6.34. The second-order valence-corrected chi connectivity index (χ2v) is 6.40. The van der Waals surface area contributed by atoms with Gasteiger partial charge in [0.05, 0.1) is 6.61 Å². The lowest BCUT2D eigenvalue weighted by atomic mass is 10.1. The molecule has 0 saturated carbocycles. The standard InChI is InChI=1S/C14H21Cl2N3O/c1-8(2)11-12(15)17-14(18-13(11)16)10-7-19(9(3)4)5-6-20-10/h8-10H,5-7H2,1-4H3. The Morgan fingerprint density at radius 1 is 1.15 bits per heavy atom. The predicted octanol–water partition coefficient (Wildman–Crippen LogP) is 3.69. The molecule has 1 atom stereocenters. The Morgan fingerprint density at radius 2 is 1.75 bits per heavy atom. The van der Waals surface area contributed by atoms with Crippen molar-refractivity contribution in [3.05, 3.63) is 21.7 Å². The largest absolute Gasteiger partial charge is 0.368 e. The highest BCUT2D eigenvalue weighted by atomic mass is 35.5. The maximum Gasteiger partial charge on any atom is 0.161 e. The number of ether oxygens (including phenoxy) is 1. The van der Waals surface area contributed by atoms with Gasteiger partial charge in [-0.1, -0.05) is 37.0 Å². The molecule has 1 aliphatic heterocycles. The van der Waals surface area contributed by atoms with Crippen molar-refractivity contribution < 1.29 is 4.74 Å². The molecule has 1 aliphatic rings. The quantitative estimate of drug-likeness (QED) is 0.797. The molecule has 0 aliphatic carbocycles. The second-order valence-electron chi connectivity index (χ2n) is 5.68.